The Morgan fingerprint density at radius 3 is 1.38 bits per heavy atom. The largest absolute Gasteiger partial charge is 0.390 e. The summed E-state index contributed by atoms with van der Waals surface area (Å²) < 4.78 is 0.631. The standard InChI is InChI=1S/C23H48NO2/c1-3-4-5-6-7-8-9-10-11-12-13-14-15-16-17-18-19-24(2,20-22-25)21-23-26/h18-19,25-26H,3-17,20-23H2,1-2H3/q+1. The number of nitrogens with zero attached hydrogens (tertiary/aromatic N) is 1. The molecule has 0 atom stereocenters. The number of aliphatic hydroxyl groups is 2. The Morgan fingerprint density at radius 1 is 0.615 bits per heavy atom. The Kier molecular flexibility index (Phi) is 19.1. The van der Waals surface area contributed by atoms with Crippen LogP contribution in [0.15, 0.2) is 12.3 Å². The second-order valence-electron chi connectivity index (χ2n) is 8.14. The molecule has 0 saturated heterocycles. The van der Waals surface area contributed by atoms with Crippen LogP contribution < -0.4 is 0 Å². The maximum absolute atomic E-state index is 9.13. The molecule has 0 saturated carbocycles. The van der Waals surface area contributed by atoms with Crippen molar-refractivity contribution in [1.29, 1.82) is 0 Å². The normalized spacial score (nSPS) is 12.3. The summed E-state index contributed by atoms with van der Waals surface area (Å²) in [5.41, 5.74) is 0. The number of unbranched alkanes of at least 4 members (excludes halogenated alkanes) is 14. The molecule has 0 unspecified atom stereocenters. The summed E-state index contributed by atoms with van der Waals surface area (Å²) in [5, 5.41) is 18.3. The number of quaternary nitrogens is 1. The predicted octanol–water partition coefficient (Wildman–Crippen LogP) is 5.80. The van der Waals surface area contributed by atoms with E-state index in [1.807, 2.05) is 0 Å². The molecule has 156 valence electrons. The van der Waals surface area contributed by atoms with Crippen molar-refractivity contribution >= 4 is 0 Å². The van der Waals surface area contributed by atoms with Crippen LogP contribution in [0.2, 0.25) is 0 Å². The summed E-state index contributed by atoms with van der Waals surface area (Å²) in [7, 11) is 2.06. The molecule has 0 fully saturated rings. The third kappa shape index (κ3) is 17.1. The van der Waals surface area contributed by atoms with Crippen molar-refractivity contribution < 1.29 is 14.7 Å². The first-order chi connectivity index (χ1) is 12.7. The van der Waals surface area contributed by atoms with Gasteiger partial charge in [-0.15, -0.1) is 0 Å². The number of hydrogen-bond acceptors (Lipinski definition) is 2. The van der Waals surface area contributed by atoms with E-state index < -0.39 is 0 Å². The van der Waals surface area contributed by atoms with Gasteiger partial charge in [0.15, 0.2) is 0 Å². The zero-order valence-electron chi connectivity index (χ0n) is 17.9. The van der Waals surface area contributed by atoms with Gasteiger partial charge in [-0.1, -0.05) is 90.4 Å². The summed E-state index contributed by atoms with van der Waals surface area (Å²) in [6.45, 7) is 3.97. The monoisotopic (exact) mass is 370 g/mol. The third-order valence-electron chi connectivity index (χ3n) is 5.41. The SMILES string of the molecule is CCCCCCCCCCCCCCCCC=C[N+](C)(CCO)CCO. The van der Waals surface area contributed by atoms with E-state index in [0.717, 1.165) is 6.42 Å². The van der Waals surface area contributed by atoms with Gasteiger partial charge in [-0.3, -0.25) is 4.48 Å². The minimum Gasteiger partial charge on any atom is -0.390 e. The maximum atomic E-state index is 9.13. The minimum absolute atomic E-state index is 0.166. The average Bonchev–Trinajstić information content (AvgIpc) is 2.62. The van der Waals surface area contributed by atoms with Crippen molar-refractivity contribution in [3.63, 3.8) is 0 Å². The van der Waals surface area contributed by atoms with E-state index in [2.05, 4.69) is 26.2 Å². The van der Waals surface area contributed by atoms with Crippen LogP contribution in [0.3, 0.4) is 0 Å². The zero-order valence-corrected chi connectivity index (χ0v) is 17.9. The van der Waals surface area contributed by atoms with Crippen molar-refractivity contribution in [2.45, 2.75) is 103 Å². The van der Waals surface area contributed by atoms with Crippen LogP contribution >= 0.6 is 0 Å². The summed E-state index contributed by atoms with van der Waals surface area (Å²) in [6, 6.07) is 0. The highest BCUT2D eigenvalue weighted by atomic mass is 16.3. The van der Waals surface area contributed by atoms with E-state index in [1.165, 1.54) is 89.9 Å². The lowest BCUT2D eigenvalue weighted by Gasteiger charge is -2.28. The third-order valence-corrected chi connectivity index (χ3v) is 5.41. The van der Waals surface area contributed by atoms with Gasteiger partial charge in [0.25, 0.3) is 0 Å². The van der Waals surface area contributed by atoms with E-state index in [1.54, 1.807) is 0 Å². The molecule has 0 aliphatic rings. The molecule has 3 heteroatoms. The van der Waals surface area contributed by atoms with Crippen molar-refractivity contribution in [2.75, 3.05) is 33.4 Å². The van der Waals surface area contributed by atoms with Crippen LogP contribution in [0, 0.1) is 0 Å². The summed E-state index contributed by atoms with van der Waals surface area (Å²) in [4.78, 5) is 0. The van der Waals surface area contributed by atoms with E-state index in [-0.39, 0.29) is 13.2 Å². The molecule has 0 aromatic carbocycles. The Labute approximate surface area is 164 Å². The fourth-order valence-electron chi connectivity index (χ4n) is 3.50. The molecule has 3 nitrogen and oxygen atoms in total. The van der Waals surface area contributed by atoms with Crippen LogP contribution in [0.1, 0.15) is 103 Å². The Bertz CT molecular complexity index is 299. The van der Waals surface area contributed by atoms with Crippen molar-refractivity contribution in [1.82, 2.24) is 0 Å². The molecule has 0 rings (SSSR count). The highest BCUT2D eigenvalue weighted by Gasteiger charge is 2.16. The molecule has 0 amide bonds. The van der Waals surface area contributed by atoms with Crippen LogP contribution in [0.4, 0.5) is 0 Å². The maximum Gasteiger partial charge on any atom is 0.106 e. The first kappa shape index (κ1) is 25.6. The predicted molar refractivity (Wildman–Crippen MR) is 114 cm³/mol. The van der Waals surface area contributed by atoms with Gasteiger partial charge in [-0.05, 0) is 18.9 Å². The summed E-state index contributed by atoms with van der Waals surface area (Å²) in [5.74, 6) is 0. The quantitative estimate of drug-likeness (QED) is 0.210. The van der Waals surface area contributed by atoms with Gasteiger partial charge in [-0.2, -0.15) is 0 Å². The first-order valence-electron chi connectivity index (χ1n) is 11.4. The molecule has 0 aliphatic carbocycles. The summed E-state index contributed by atoms with van der Waals surface area (Å²) >= 11 is 0. The highest BCUT2D eigenvalue weighted by molar-refractivity contribution is 4.74. The van der Waals surface area contributed by atoms with Crippen LogP contribution in [0.25, 0.3) is 0 Å². The second kappa shape index (κ2) is 19.4. The second-order valence-corrected chi connectivity index (χ2v) is 8.14. The molecule has 0 heterocycles. The number of likely N-dealkylation sites (N-methyl/N-ethyl adjacent to an activating group) is 1. The fourth-order valence-corrected chi connectivity index (χ4v) is 3.50. The van der Waals surface area contributed by atoms with Crippen molar-refractivity contribution in [3.05, 3.63) is 12.3 Å². The molecule has 26 heavy (non-hydrogen) atoms. The van der Waals surface area contributed by atoms with Gasteiger partial charge >= 0.3 is 0 Å². The lowest BCUT2D eigenvalue weighted by Crippen LogP contribution is -2.42. The highest BCUT2D eigenvalue weighted by Crippen LogP contribution is 2.13. The molecule has 0 aliphatic heterocycles. The first-order valence-corrected chi connectivity index (χ1v) is 11.4. The number of rotatable bonds is 20. The van der Waals surface area contributed by atoms with E-state index in [0.29, 0.717) is 17.6 Å². The van der Waals surface area contributed by atoms with E-state index in [9.17, 15) is 0 Å². The van der Waals surface area contributed by atoms with E-state index >= 15 is 0 Å². The van der Waals surface area contributed by atoms with Crippen LogP contribution in [0.5, 0.6) is 0 Å². The number of hydrogen-bond donors (Lipinski definition) is 2. The molecule has 0 spiro atoms. The molecule has 0 radical (unpaired) electrons. The van der Waals surface area contributed by atoms with Gasteiger partial charge in [0.1, 0.15) is 13.1 Å². The summed E-state index contributed by atoms with van der Waals surface area (Å²) in [6.07, 6.45) is 25.1. The van der Waals surface area contributed by atoms with Gasteiger partial charge in [0.2, 0.25) is 0 Å². The van der Waals surface area contributed by atoms with Crippen molar-refractivity contribution in [2.24, 2.45) is 0 Å². The molecule has 2 N–H and O–H groups in total. The molecule has 0 bridgehead atoms. The molecule has 0 aromatic heterocycles. The van der Waals surface area contributed by atoms with Crippen LogP contribution in [-0.4, -0.2) is 48.0 Å². The van der Waals surface area contributed by atoms with Gasteiger partial charge < -0.3 is 10.2 Å². The lowest BCUT2D eigenvalue weighted by molar-refractivity contribution is -0.860. The number of allylic oxidation sites excluding steroid dienone is 1. The molecular formula is C23H48NO2+. The smallest absolute Gasteiger partial charge is 0.106 e. The Balaban J connectivity index is 3.36. The van der Waals surface area contributed by atoms with Gasteiger partial charge in [0, 0.05) is 0 Å². The fraction of sp³-hybridized carbons (Fsp3) is 0.913. The Morgan fingerprint density at radius 2 is 1.00 bits per heavy atom. The molecular weight excluding hydrogens is 322 g/mol. The zero-order chi connectivity index (χ0) is 19.3. The van der Waals surface area contributed by atoms with Gasteiger partial charge in [-0.25, -0.2) is 0 Å². The molecule has 0 aromatic rings. The average molecular weight is 371 g/mol. The minimum atomic E-state index is 0.166. The Hall–Kier alpha value is -0.380. The topological polar surface area (TPSA) is 40.5 Å². The van der Waals surface area contributed by atoms with Crippen molar-refractivity contribution in [3.8, 4) is 0 Å². The lowest BCUT2D eigenvalue weighted by atomic mass is 10.0. The van der Waals surface area contributed by atoms with E-state index in [4.69, 9.17) is 10.2 Å². The van der Waals surface area contributed by atoms with Gasteiger partial charge in [0.05, 0.1) is 26.5 Å². The number of aliphatic hydroxyl groups excluding tert-OH is 2. The van der Waals surface area contributed by atoms with Crippen LogP contribution in [-0.2, 0) is 0 Å².